The highest BCUT2D eigenvalue weighted by Gasteiger charge is 2.47. The number of nitrogens with zero attached hydrogens (tertiary/aromatic N) is 1. The lowest BCUT2D eigenvalue weighted by Gasteiger charge is -2.32. The number of ether oxygens (including phenoxy) is 2. The molecule has 1 saturated heterocycles. The van der Waals surface area contributed by atoms with E-state index < -0.39 is 76.9 Å². The van der Waals surface area contributed by atoms with Crippen LogP contribution in [-0.2, 0) is 38.6 Å². The highest BCUT2D eigenvalue weighted by molar-refractivity contribution is 7.59. The highest BCUT2D eigenvalue weighted by Crippen LogP contribution is 2.56. The molecular weight excluding hydrogens is 490 g/mol. The molecule has 0 aromatic carbocycles. The molecule has 2 rings (SSSR count). The van der Waals surface area contributed by atoms with Gasteiger partial charge < -0.3 is 38.5 Å². The number of hydrogen-bond acceptors (Lipinski definition) is 13. The van der Waals surface area contributed by atoms with Crippen molar-refractivity contribution in [1.82, 2.24) is 9.55 Å². The summed E-state index contributed by atoms with van der Waals surface area (Å²) in [5, 5.41) is 19.9. The normalized spacial score (nSPS) is 27.1. The monoisotopic (exact) mass is 516 g/mol. The van der Waals surface area contributed by atoms with Gasteiger partial charge in [-0.1, -0.05) is 0 Å². The van der Waals surface area contributed by atoms with Crippen molar-refractivity contribution in [3.05, 3.63) is 32.6 Å². The van der Waals surface area contributed by atoms with Crippen molar-refractivity contribution < 1.29 is 52.0 Å². The first-order chi connectivity index (χ1) is 15.2. The maximum atomic E-state index is 12.2. The van der Waals surface area contributed by atoms with E-state index in [1.54, 1.807) is 13.8 Å². The van der Waals surface area contributed by atoms with Gasteiger partial charge in [-0.05, 0) is 27.7 Å². The van der Waals surface area contributed by atoms with E-state index in [9.17, 15) is 38.7 Å². The fourth-order valence-electron chi connectivity index (χ4n) is 2.98. The number of aromatic nitrogens is 2. The summed E-state index contributed by atoms with van der Waals surface area (Å²) in [6.45, 7) is 4.36. The predicted octanol–water partition coefficient (Wildman–Crippen LogP) is -1.52. The molecule has 3 unspecified atom stereocenters. The van der Waals surface area contributed by atoms with E-state index in [0.29, 0.717) is 0 Å². The van der Waals surface area contributed by atoms with Gasteiger partial charge in [0.2, 0.25) is 0 Å². The van der Waals surface area contributed by atoms with E-state index in [2.05, 4.69) is 13.4 Å². The fourth-order valence-corrected chi connectivity index (χ4v) is 5.15. The molecule has 0 spiro atoms. The minimum atomic E-state index is -5.44. The van der Waals surface area contributed by atoms with E-state index in [1.807, 2.05) is 4.98 Å². The molecule has 0 aliphatic carbocycles. The smallest absolute Gasteiger partial charge is 0.330 e. The Kier molecular flexibility index (Phi) is 9.35. The molecule has 1 aromatic heterocycles. The first-order valence-corrected chi connectivity index (χ1v) is 12.7. The highest BCUT2D eigenvalue weighted by atomic mass is 31.3. The Hall–Kier alpha value is -1.22. The van der Waals surface area contributed by atoms with E-state index >= 15 is 0 Å². The molecule has 190 valence electrons. The molecule has 33 heavy (non-hydrogen) atoms. The van der Waals surface area contributed by atoms with Crippen LogP contribution in [0.5, 0.6) is 0 Å². The SMILES string of the molecule is CC(C)OC1[C@@H](COP(=O)([O-])OP(=O)([O-])OC(C)C)O[C@@H](n2cc(CO)c(=O)[nH]c2=O)[C@H]1O. The summed E-state index contributed by atoms with van der Waals surface area (Å²) in [7, 11) is -10.7. The van der Waals surface area contributed by atoms with Gasteiger partial charge in [-0.25, -0.2) is 9.11 Å². The topological polar surface area (TPSA) is 222 Å². The Bertz CT molecular complexity index is 1020. The third kappa shape index (κ3) is 7.64. The number of nitrogens with one attached hydrogen (secondary N) is 1. The van der Waals surface area contributed by atoms with Crippen LogP contribution in [0.1, 0.15) is 39.5 Å². The molecular formula is C16H26N2O13P2-2. The van der Waals surface area contributed by atoms with Crippen molar-refractivity contribution in [2.75, 3.05) is 6.61 Å². The summed E-state index contributed by atoms with van der Waals surface area (Å²) in [6, 6.07) is 0. The van der Waals surface area contributed by atoms with Gasteiger partial charge in [0, 0.05) is 6.20 Å². The Balaban J connectivity index is 2.24. The van der Waals surface area contributed by atoms with E-state index in [1.165, 1.54) is 13.8 Å². The number of hydrogen-bond donors (Lipinski definition) is 3. The van der Waals surface area contributed by atoms with Crippen molar-refractivity contribution in [2.45, 2.75) is 71.0 Å². The Labute approximate surface area is 188 Å². The number of aliphatic hydroxyl groups excluding tert-OH is 2. The number of phosphoric ester groups is 2. The summed E-state index contributed by atoms with van der Waals surface area (Å²) in [5.74, 6) is 0. The second kappa shape index (κ2) is 11.0. The summed E-state index contributed by atoms with van der Waals surface area (Å²) in [6.07, 6.45) is -5.93. The molecule has 1 aliphatic rings. The summed E-state index contributed by atoms with van der Waals surface area (Å²) < 4.78 is 48.5. The minimum Gasteiger partial charge on any atom is -0.756 e. The van der Waals surface area contributed by atoms with Gasteiger partial charge in [-0.15, -0.1) is 0 Å². The quantitative estimate of drug-likeness (QED) is 0.285. The van der Waals surface area contributed by atoms with Gasteiger partial charge in [0.15, 0.2) is 6.23 Å². The van der Waals surface area contributed by atoms with Crippen LogP contribution in [0.25, 0.3) is 0 Å². The van der Waals surface area contributed by atoms with Crippen LogP contribution in [0.3, 0.4) is 0 Å². The van der Waals surface area contributed by atoms with Gasteiger partial charge in [-0.3, -0.25) is 23.5 Å². The number of rotatable bonds is 11. The maximum Gasteiger partial charge on any atom is 0.330 e. The molecule has 0 radical (unpaired) electrons. The minimum absolute atomic E-state index is 0.194. The zero-order chi connectivity index (χ0) is 25.1. The number of phosphoric acid groups is 2. The Morgan fingerprint density at radius 2 is 1.82 bits per heavy atom. The fraction of sp³-hybridized carbons (Fsp3) is 0.750. The van der Waals surface area contributed by atoms with Crippen molar-refractivity contribution in [3.63, 3.8) is 0 Å². The standard InChI is InChI=1S/C16H28N2O13P2/c1-8(2)28-13-11(7-27-32(23,24)31-33(25,26)30-9(3)4)29-15(12(13)20)18-5-10(6-19)14(21)17-16(18)22/h5,8-9,11-13,15,19-20H,6-7H2,1-4H3,(H,23,24)(H,25,26)(H,17,21,22)/p-2/t11-,12+,13?,15-/m1/s1. The van der Waals surface area contributed by atoms with Crippen molar-refractivity contribution in [1.29, 1.82) is 0 Å². The van der Waals surface area contributed by atoms with Crippen LogP contribution in [-0.4, -0.2) is 56.9 Å². The van der Waals surface area contributed by atoms with Crippen LogP contribution in [0, 0.1) is 0 Å². The van der Waals surface area contributed by atoms with Gasteiger partial charge >= 0.3 is 5.69 Å². The zero-order valence-corrected chi connectivity index (χ0v) is 20.0. The molecule has 3 N–H and O–H groups in total. The van der Waals surface area contributed by atoms with Crippen molar-refractivity contribution >= 4 is 15.6 Å². The van der Waals surface area contributed by atoms with Crippen LogP contribution >= 0.6 is 15.6 Å². The number of aromatic amines is 1. The van der Waals surface area contributed by atoms with Gasteiger partial charge in [0.05, 0.1) is 31.0 Å². The van der Waals surface area contributed by atoms with Crippen LogP contribution < -0.4 is 21.0 Å². The molecule has 17 heteroatoms. The molecule has 15 nitrogen and oxygen atoms in total. The van der Waals surface area contributed by atoms with Gasteiger partial charge in [0.25, 0.3) is 21.2 Å². The lowest BCUT2D eigenvalue weighted by molar-refractivity contribution is -0.247. The van der Waals surface area contributed by atoms with Crippen LogP contribution in [0.15, 0.2) is 15.8 Å². The molecule has 6 atom stereocenters. The van der Waals surface area contributed by atoms with Gasteiger partial charge in [-0.2, -0.15) is 0 Å². The molecule has 1 fully saturated rings. The van der Waals surface area contributed by atoms with Crippen molar-refractivity contribution in [2.24, 2.45) is 0 Å². The van der Waals surface area contributed by atoms with E-state index in [0.717, 1.165) is 10.8 Å². The largest absolute Gasteiger partial charge is 0.756 e. The molecule has 1 aromatic rings. The first kappa shape index (κ1) is 28.0. The van der Waals surface area contributed by atoms with Crippen LogP contribution in [0.2, 0.25) is 0 Å². The molecule has 2 heterocycles. The van der Waals surface area contributed by atoms with Crippen LogP contribution in [0.4, 0.5) is 0 Å². The Morgan fingerprint density at radius 1 is 1.18 bits per heavy atom. The second-order valence-electron chi connectivity index (χ2n) is 7.61. The molecule has 1 aliphatic heterocycles. The second-order valence-corrected chi connectivity index (χ2v) is 10.5. The molecule has 0 saturated carbocycles. The van der Waals surface area contributed by atoms with Gasteiger partial charge in [0.1, 0.15) is 18.3 Å². The molecule has 0 amide bonds. The number of H-pyrrole nitrogens is 1. The lowest BCUT2D eigenvalue weighted by atomic mass is 10.1. The first-order valence-electron chi connectivity index (χ1n) is 9.76. The van der Waals surface area contributed by atoms with E-state index in [-0.39, 0.29) is 5.56 Å². The molecule has 0 bridgehead atoms. The lowest BCUT2D eigenvalue weighted by Crippen LogP contribution is -2.40. The third-order valence-corrected chi connectivity index (χ3v) is 6.91. The summed E-state index contributed by atoms with van der Waals surface area (Å²) in [5.41, 5.74) is -2.00. The average molecular weight is 516 g/mol. The summed E-state index contributed by atoms with van der Waals surface area (Å²) >= 11 is 0. The average Bonchev–Trinajstić information content (AvgIpc) is 2.93. The zero-order valence-electron chi connectivity index (χ0n) is 18.2. The third-order valence-electron chi connectivity index (χ3n) is 4.16. The van der Waals surface area contributed by atoms with Crippen molar-refractivity contribution in [3.8, 4) is 0 Å². The predicted molar refractivity (Wildman–Crippen MR) is 106 cm³/mol. The van der Waals surface area contributed by atoms with E-state index in [4.69, 9.17) is 9.47 Å². The number of aliphatic hydroxyl groups is 2. The summed E-state index contributed by atoms with van der Waals surface area (Å²) in [4.78, 5) is 49.4. The Morgan fingerprint density at radius 3 is 2.36 bits per heavy atom. The maximum absolute atomic E-state index is 12.2.